The molecule has 1 unspecified atom stereocenters. The molecule has 8 nitrogen and oxygen atoms in total. The maximum absolute atomic E-state index is 5.77. The Morgan fingerprint density at radius 1 is 1.62 bits per heavy atom. The molecule has 0 radical (unpaired) electrons. The first-order chi connectivity index (χ1) is 6.27. The predicted octanol–water partition coefficient (Wildman–Crippen LogP) is -1.62. The van der Waals surface area contributed by atoms with E-state index in [9.17, 15) is 0 Å². The van der Waals surface area contributed by atoms with E-state index in [0.717, 1.165) is 0 Å². The Morgan fingerprint density at radius 2 is 2.46 bits per heavy atom. The van der Waals surface area contributed by atoms with Gasteiger partial charge in [0.25, 0.3) is 0 Å². The Morgan fingerprint density at radius 3 is 3.00 bits per heavy atom. The van der Waals surface area contributed by atoms with Crippen LogP contribution in [0.1, 0.15) is 17.6 Å². The van der Waals surface area contributed by atoms with Crippen molar-refractivity contribution in [3.05, 3.63) is 17.7 Å². The Balaban J connectivity index is 2.28. The summed E-state index contributed by atoms with van der Waals surface area (Å²) in [6.45, 7) is 0. The highest BCUT2D eigenvalue weighted by Crippen LogP contribution is 2.09. The Hall–Kier alpha value is -1.83. The summed E-state index contributed by atoms with van der Waals surface area (Å²) >= 11 is 0. The molecule has 13 heavy (non-hydrogen) atoms. The van der Waals surface area contributed by atoms with E-state index in [1.165, 1.54) is 11.0 Å². The summed E-state index contributed by atoms with van der Waals surface area (Å²) in [5, 5.41) is 21.3. The zero-order valence-corrected chi connectivity index (χ0v) is 6.92. The standard InChI is InChI=1S/C5H8N8/c1-13-10-5(9-12-13)4(6)3-2-7-11-8-3/h2,4H,6H2,1H3,(H,7,8,11). The second-order valence-corrected chi connectivity index (χ2v) is 2.51. The molecule has 0 aliphatic heterocycles. The maximum atomic E-state index is 5.77. The van der Waals surface area contributed by atoms with Gasteiger partial charge in [-0.2, -0.15) is 20.2 Å². The molecule has 0 amide bonds. The van der Waals surface area contributed by atoms with E-state index >= 15 is 0 Å². The molecule has 0 bridgehead atoms. The molecule has 2 aromatic rings. The van der Waals surface area contributed by atoms with Crippen molar-refractivity contribution in [1.82, 2.24) is 35.6 Å². The van der Waals surface area contributed by atoms with Crippen molar-refractivity contribution in [2.75, 3.05) is 0 Å². The molecular weight excluding hydrogens is 172 g/mol. The SMILES string of the molecule is Cn1nnc(C(N)c2cn[nH]n2)n1. The average molecular weight is 180 g/mol. The van der Waals surface area contributed by atoms with Crippen LogP contribution in [0.3, 0.4) is 0 Å². The molecule has 2 aromatic heterocycles. The van der Waals surface area contributed by atoms with Crippen molar-refractivity contribution >= 4 is 0 Å². The van der Waals surface area contributed by atoms with Crippen LogP contribution >= 0.6 is 0 Å². The van der Waals surface area contributed by atoms with Gasteiger partial charge in [0.1, 0.15) is 11.7 Å². The van der Waals surface area contributed by atoms with Crippen molar-refractivity contribution in [3.63, 3.8) is 0 Å². The van der Waals surface area contributed by atoms with Gasteiger partial charge in [-0.1, -0.05) is 0 Å². The first-order valence-corrected chi connectivity index (χ1v) is 3.62. The van der Waals surface area contributed by atoms with E-state index < -0.39 is 6.04 Å². The van der Waals surface area contributed by atoms with Crippen LogP contribution < -0.4 is 5.73 Å². The molecule has 0 aliphatic rings. The number of aryl methyl sites for hydroxylation is 1. The van der Waals surface area contributed by atoms with E-state index in [1.54, 1.807) is 7.05 Å². The Bertz CT molecular complexity index is 375. The van der Waals surface area contributed by atoms with Crippen LogP contribution in [0.15, 0.2) is 6.20 Å². The van der Waals surface area contributed by atoms with Gasteiger partial charge in [0.05, 0.1) is 13.2 Å². The number of hydrogen-bond acceptors (Lipinski definition) is 6. The van der Waals surface area contributed by atoms with Gasteiger partial charge in [-0.3, -0.25) is 0 Å². The third-order valence-electron chi connectivity index (χ3n) is 1.55. The van der Waals surface area contributed by atoms with Crippen molar-refractivity contribution < 1.29 is 0 Å². The normalized spacial score (nSPS) is 13.1. The highest BCUT2D eigenvalue weighted by atomic mass is 15.6. The number of hydrogen-bond donors (Lipinski definition) is 2. The lowest BCUT2D eigenvalue weighted by Gasteiger charge is -1.99. The lowest BCUT2D eigenvalue weighted by atomic mass is 10.2. The molecule has 8 heteroatoms. The largest absolute Gasteiger partial charge is 0.316 e. The number of rotatable bonds is 2. The van der Waals surface area contributed by atoms with Crippen molar-refractivity contribution in [2.45, 2.75) is 6.04 Å². The molecule has 2 heterocycles. The molecule has 0 saturated heterocycles. The fourth-order valence-corrected chi connectivity index (χ4v) is 0.916. The minimum atomic E-state index is -0.479. The summed E-state index contributed by atoms with van der Waals surface area (Å²) in [5.41, 5.74) is 6.36. The van der Waals surface area contributed by atoms with Gasteiger partial charge in [0, 0.05) is 0 Å². The minimum absolute atomic E-state index is 0.427. The van der Waals surface area contributed by atoms with Crippen LogP contribution in [0.4, 0.5) is 0 Å². The second kappa shape index (κ2) is 2.90. The van der Waals surface area contributed by atoms with Crippen LogP contribution in [-0.2, 0) is 7.05 Å². The minimum Gasteiger partial charge on any atom is -0.316 e. The quantitative estimate of drug-likeness (QED) is 0.574. The molecule has 68 valence electrons. The summed E-state index contributed by atoms with van der Waals surface area (Å²) in [6, 6.07) is -0.479. The first-order valence-electron chi connectivity index (χ1n) is 3.62. The van der Waals surface area contributed by atoms with Crippen molar-refractivity contribution in [2.24, 2.45) is 12.8 Å². The Labute approximate surface area is 73.1 Å². The highest BCUT2D eigenvalue weighted by Gasteiger charge is 2.16. The fourth-order valence-electron chi connectivity index (χ4n) is 0.916. The predicted molar refractivity (Wildman–Crippen MR) is 41.2 cm³/mol. The van der Waals surface area contributed by atoms with E-state index in [2.05, 4.69) is 30.8 Å². The Kier molecular flexibility index (Phi) is 1.74. The van der Waals surface area contributed by atoms with Gasteiger partial charge in [-0.15, -0.1) is 10.2 Å². The zero-order chi connectivity index (χ0) is 9.26. The molecule has 0 aromatic carbocycles. The summed E-state index contributed by atoms with van der Waals surface area (Å²) < 4.78 is 0. The monoisotopic (exact) mass is 180 g/mol. The number of nitrogens with one attached hydrogen (secondary N) is 1. The topological polar surface area (TPSA) is 111 Å². The van der Waals surface area contributed by atoms with Crippen LogP contribution in [0.25, 0.3) is 0 Å². The van der Waals surface area contributed by atoms with E-state index in [4.69, 9.17) is 5.73 Å². The molecule has 2 rings (SSSR count). The van der Waals surface area contributed by atoms with E-state index in [0.29, 0.717) is 11.5 Å². The fraction of sp³-hybridized carbons (Fsp3) is 0.400. The van der Waals surface area contributed by atoms with Crippen molar-refractivity contribution in [1.29, 1.82) is 0 Å². The zero-order valence-electron chi connectivity index (χ0n) is 6.92. The highest BCUT2D eigenvalue weighted by molar-refractivity contribution is 5.09. The number of aromatic nitrogens is 7. The van der Waals surface area contributed by atoms with Gasteiger partial charge in [0.2, 0.25) is 0 Å². The molecule has 0 fully saturated rings. The summed E-state index contributed by atoms with van der Waals surface area (Å²) in [6.07, 6.45) is 1.53. The number of nitrogens with two attached hydrogens (primary N) is 1. The molecule has 1 atom stereocenters. The van der Waals surface area contributed by atoms with Crippen LogP contribution in [0, 0.1) is 0 Å². The van der Waals surface area contributed by atoms with Crippen molar-refractivity contribution in [3.8, 4) is 0 Å². The third-order valence-corrected chi connectivity index (χ3v) is 1.55. The van der Waals surface area contributed by atoms with E-state index in [-0.39, 0.29) is 0 Å². The number of nitrogens with zero attached hydrogens (tertiary/aromatic N) is 6. The molecule has 3 N–H and O–H groups in total. The van der Waals surface area contributed by atoms with E-state index in [1.807, 2.05) is 0 Å². The van der Waals surface area contributed by atoms with Gasteiger partial charge in [-0.05, 0) is 5.21 Å². The second-order valence-electron chi connectivity index (χ2n) is 2.51. The smallest absolute Gasteiger partial charge is 0.197 e. The lowest BCUT2D eigenvalue weighted by Crippen LogP contribution is -2.14. The summed E-state index contributed by atoms with van der Waals surface area (Å²) in [7, 11) is 1.67. The maximum Gasteiger partial charge on any atom is 0.197 e. The van der Waals surface area contributed by atoms with Crippen LogP contribution in [0.2, 0.25) is 0 Å². The van der Waals surface area contributed by atoms with Gasteiger partial charge >= 0.3 is 0 Å². The third kappa shape index (κ3) is 1.38. The van der Waals surface area contributed by atoms with Crippen LogP contribution in [-0.4, -0.2) is 35.6 Å². The van der Waals surface area contributed by atoms with Crippen LogP contribution in [0.5, 0.6) is 0 Å². The average Bonchev–Trinajstić information content (AvgIpc) is 2.72. The number of H-pyrrole nitrogens is 1. The van der Waals surface area contributed by atoms with Gasteiger partial charge < -0.3 is 5.73 Å². The lowest BCUT2D eigenvalue weighted by molar-refractivity contribution is 0.624. The summed E-state index contributed by atoms with van der Waals surface area (Å²) in [4.78, 5) is 1.34. The number of tetrazole rings is 1. The first kappa shape index (κ1) is 7.80. The molecule has 0 spiro atoms. The molecular formula is C5H8N8. The molecule has 0 aliphatic carbocycles. The van der Waals surface area contributed by atoms with Gasteiger partial charge in [0.15, 0.2) is 5.82 Å². The molecule has 0 saturated carbocycles. The summed E-state index contributed by atoms with van der Waals surface area (Å²) in [5.74, 6) is 0.427. The van der Waals surface area contributed by atoms with Gasteiger partial charge in [-0.25, -0.2) is 0 Å². The number of aromatic amines is 1.